The van der Waals surface area contributed by atoms with Crippen molar-refractivity contribution in [3.8, 4) is 22.8 Å². The highest BCUT2D eigenvalue weighted by Gasteiger charge is 2.17. The summed E-state index contributed by atoms with van der Waals surface area (Å²) >= 11 is 1.46. The lowest BCUT2D eigenvalue weighted by Gasteiger charge is -2.17. The van der Waals surface area contributed by atoms with Gasteiger partial charge in [-0.1, -0.05) is 13.3 Å². The number of rotatable bonds is 7. The minimum Gasteiger partial charge on any atom is -0.497 e. The van der Waals surface area contributed by atoms with Crippen molar-refractivity contribution in [2.75, 3.05) is 25.7 Å². The van der Waals surface area contributed by atoms with Gasteiger partial charge < -0.3 is 9.47 Å². The molecular weight excluding hydrogens is 312 g/mol. The van der Waals surface area contributed by atoms with Crippen LogP contribution in [0.4, 0.5) is 5.13 Å². The van der Waals surface area contributed by atoms with Crippen molar-refractivity contribution in [2.45, 2.75) is 26.7 Å². The number of amides is 1. The third-order valence-corrected chi connectivity index (χ3v) is 4.38. The van der Waals surface area contributed by atoms with Crippen molar-refractivity contribution in [2.24, 2.45) is 0 Å². The van der Waals surface area contributed by atoms with Gasteiger partial charge in [0.25, 0.3) is 0 Å². The van der Waals surface area contributed by atoms with E-state index >= 15 is 0 Å². The highest BCUT2D eigenvalue weighted by atomic mass is 32.1. The number of nitrogens with zero attached hydrogens (tertiary/aromatic N) is 2. The van der Waals surface area contributed by atoms with Crippen LogP contribution in [-0.2, 0) is 4.79 Å². The average Bonchev–Trinajstić information content (AvgIpc) is 3.03. The molecule has 0 aliphatic heterocycles. The molecule has 23 heavy (non-hydrogen) atoms. The number of anilines is 1. The molecule has 0 saturated carbocycles. The summed E-state index contributed by atoms with van der Waals surface area (Å²) in [6, 6.07) is 5.59. The maximum absolute atomic E-state index is 11.9. The predicted octanol–water partition coefficient (Wildman–Crippen LogP) is 3.98. The maximum atomic E-state index is 11.9. The quantitative estimate of drug-likeness (QED) is 0.768. The van der Waals surface area contributed by atoms with Crippen LogP contribution in [0.25, 0.3) is 11.3 Å². The van der Waals surface area contributed by atoms with Crippen LogP contribution >= 0.6 is 11.3 Å². The number of carbonyl (C=O) groups is 1. The SMILES string of the molecule is CCCCN(C(C)=O)c1nc(-c2cc(OC)ccc2OC)cs1. The Labute approximate surface area is 140 Å². The lowest BCUT2D eigenvalue weighted by molar-refractivity contribution is -0.116. The highest BCUT2D eigenvalue weighted by Crippen LogP contribution is 2.35. The van der Waals surface area contributed by atoms with E-state index in [1.165, 1.54) is 11.3 Å². The van der Waals surface area contributed by atoms with E-state index in [0.29, 0.717) is 11.7 Å². The molecule has 0 aliphatic carbocycles. The van der Waals surface area contributed by atoms with Crippen molar-refractivity contribution in [1.82, 2.24) is 4.98 Å². The van der Waals surface area contributed by atoms with E-state index in [0.717, 1.165) is 35.6 Å². The molecule has 1 aromatic carbocycles. The van der Waals surface area contributed by atoms with E-state index < -0.39 is 0 Å². The van der Waals surface area contributed by atoms with Crippen molar-refractivity contribution in [3.63, 3.8) is 0 Å². The molecule has 0 radical (unpaired) electrons. The Bertz CT molecular complexity index is 670. The first-order chi connectivity index (χ1) is 11.1. The van der Waals surface area contributed by atoms with E-state index in [9.17, 15) is 4.79 Å². The number of carbonyl (C=O) groups excluding carboxylic acids is 1. The molecule has 0 spiro atoms. The van der Waals surface area contributed by atoms with Gasteiger partial charge in [0, 0.05) is 24.4 Å². The zero-order valence-corrected chi connectivity index (χ0v) is 14.8. The molecule has 2 aromatic rings. The Morgan fingerprint density at radius 2 is 2.09 bits per heavy atom. The van der Waals surface area contributed by atoms with Gasteiger partial charge in [0.1, 0.15) is 11.5 Å². The largest absolute Gasteiger partial charge is 0.497 e. The van der Waals surface area contributed by atoms with Gasteiger partial charge in [0.15, 0.2) is 5.13 Å². The molecule has 0 saturated heterocycles. The molecule has 0 N–H and O–H groups in total. The van der Waals surface area contributed by atoms with Crippen LogP contribution in [0.1, 0.15) is 26.7 Å². The summed E-state index contributed by atoms with van der Waals surface area (Å²) in [5.74, 6) is 1.48. The van der Waals surface area contributed by atoms with Crippen LogP contribution in [-0.4, -0.2) is 31.7 Å². The maximum Gasteiger partial charge on any atom is 0.225 e. The van der Waals surface area contributed by atoms with Crippen LogP contribution in [0.3, 0.4) is 0 Å². The summed E-state index contributed by atoms with van der Waals surface area (Å²) in [4.78, 5) is 18.2. The summed E-state index contributed by atoms with van der Waals surface area (Å²) in [5, 5.41) is 2.65. The van der Waals surface area contributed by atoms with Gasteiger partial charge in [-0.2, -0.15) is 0 Å². The highest BCUT2D eigenvalue weighted by molar-refractivity contribution is 7.14. The summed E-state index contributed by atoms with van der Waals surface area (Å²) in [5.41, 5.74) is 1.64. The number of hydrogen-bond donors (Lipinski definition) is 0. The monoisotopic (exact) mass is 334 g/mol. The molecule has 5 nitrogen and oxygen atoms in total. The number of aromatic nitrogens is 1. The van der Waals surface area contributed by atoms with E-state index in [2.05, 4.69) is 11.9 Å². The Morgan fingerprint density at radius 1 is 1.30 bits per heavy atom. The Morgan fingerprint density at radius 3 is 2.70 bits per heavy atom. The second-order valence-corrected chi connectivity index (χ2v) is 5.94. The van der Waals surface area contributed by atoms with Crippen LogP contribution in [0.2, 0.25) is 0 Å². The number of unbranched alkanes of at least 4 members (excludes halogenated alkanes) is 1. The molecule has 2 rings (SSSR count). The first kappa shape index (κ1) is 17.3. The van der Waals surface area contributed by atoms with Crippen LogP contribution in [0.5, 0.6) is 11.5 Å². The molecule has 0 bridgehead atoms. The van der Waals surface area contributed by atoms with Crippen LogP contribution < -0.4 is 14.4 Å². The molecular formula is C17H22N2O3S. The van der Waals surface area contributed by atoms with Gasteiger partial charge in [-0.15, -0.1) is 11.3 Å². The van der Waals surface area contributed by atoms with E-state index in [1.54, 1.807) is 26.0 Å². The Kier molecular flexibility index (Phi) is 5.98. The zero-order chi connectivity index (χ0) is 16.8. The molecule has 1 heterocycles. The second kappa shape index (κ2) is 7.97. The standard InChI is InChI=1S/C17H22N2O3S/c1-5-6-9-19(12(2)20)17-18-15(11-23-17)14-10-13(21-3)7-8-16(14)22-4/h7-8,10-11H,5-6,9H2,1-4H3. The summed E-state index contributed by atoms with van der Waals surface area (Å²) < 4.78 is 10.7. The van der Waals surface area contributed by atoms with E-state index in [-0.39, 0.29) is 5.91 Å². The van der Waals surface area contributed by atoms with Gasteiger partial charge in [-0.3, -0.25) is 9.69 Å². The molecule has 124 valence electrons. The Hall–Kier alpha value is -2.08. The first-order valence-electron chi connectivity index (χ1n) is 7.56. The third-order valence-electron chi connectivity index (χ3n) is 3.52. The molecule has 0 aliphatic rings. The van der Waals surface area contributed by atoms with Crippen molar-refractivity contribution < 1.29 is 14.3 Å². The molecule has 0 fully saturated rings. The van der Waals surface area contributed by atoms with Crippen molar-refractivity contribution >= 4 is 22.4 Å². The molecule has 0 atom stereocenters. The Balaban J connectivity index is 2.36. The summed E-state index contributed by atoms with van der Waals surface area (Å²) in [7, 11) is 3.25. The predicted molar refractivity (Wildman–Crippen MR) is 93.6 cm³/mol. The number of benzene rings is 1. The third kappa shape index (κ3) is 4.01. The minimum atomic E-state index is 0.0111. The average molecular weight is 334 g/mol. The van der Waals surface area contributed by atoms with Gasteiger partial charge >= 0.3 is 0 Å². The molecule has 6 heteroatoms. The van der Waals surface area contributed by atoms with Gasteiger partial charge in [-0.05, 0) is 24.6 Å². The zero-order valence-electron chi connectivity index (χ0n) is 14.0. The smallest absolute Gasteiger partial charge is 0.225 e. The first-order valence-corrected chi connectivity index (χ1v) is 8.44. The topological polar surface area (TPSA) is 51.7 Å². The normalized spacial score (nSPS) is 10.4. The minimum absolute atomic E-state index is 0.0111. The molecule has 1 aromatic heterocycles. The lowest BCUT2D eigenvalue weighted by atomic mass is 10.1. The van der Waals surface area contributed by atoms with Crippen molar-refractivity contribution in [3.05, 3.63) is 23.6 Å². The summed E-state index contributed by atoms with van der Waals surface area (Å²) in [6.45, 7) is 4.36. The van der Waals surface area contributed by atoms with Gasteiger partial charge in [0.05, 0.1) is 19.9 Å². The van der Waals surface area contributed by atoms with Crippen LogP contribution in [0.15, 0.2) is 23.6 Å². The van der Waals surface area contributed by atoms with Gasteiger partial charge in [0.2, 0.25) is 5.91 Å². The molecule has 1 amide bonds. The van der Waals surface area contributed by atoms with E-state index in [1.807, 2.05) is 23.6 Å². The fraction of sp³-hybridized carbons (Fsp3) is 0.412. The number of thiazole rings is 1. The van der Waals surface area contributed by atoms with Crippen LogP contribution in [0, 0.1) is 0 Å². The fourth-order valence-corrected chi connectivity index (χ4v) is 3.13. The fourth-order valence-electron chi connectivity index (χ4n) is 2.23. The lowest BCUT2D eigenvalue weighted by Crippen LogP contribution is -2.29. The summed E-state index contributed by atoms with van der Waals surface area (Å²) in [6.07, 6.45) is 1.99. The van der Waals surface area contributed by atoms with E-state index in [4.69, 9.17) is 9.47 Å². The van der Waals surface area contributed by atoms with Gasteiger partial charge in [-0.25, -0.2) is 4.98 Å². The number of hydrogen-bond acceptors (Lipinski definition) is 5. The van der Waals surface area contributed by atoms with Crippen molar-refractivity contribution in [1.29, 1.82) is 0 Å². The number of methoxy groups -OCH3 is 2. The molecule has 0 unspecified atom stereocenters. The second-order valence-electron chi connectivity index (χ2n) is 5.11. The number of ether oxygens (including phenoxy) is 2.